The van der Waals surface area contributed by atoms with Gasteiger partial charge in [-0.2, -0.15) is 0 Å². The molecule has 1 saturated heterocycles. The van der Waals surface area contributed by atoms with Gasteiger partial charge in [0, 0.05) is 20.1 Å². The van der Waals surface area contributed by atoms with Crippen molar-refractivity contribution in [2.24, 2.45) is 19.8 Å². The predicted molar refractivity (Wildman–Crippen MR) is 97.7 cm³/mol. The number of aromatic nitrogens is 4. The monoisotopic (exact) mass is 362 g/mol. The topological polar surface area (TPSA) is 108 Å². The third-order valence-corrected chi connectivity index (χ3v) is 5.31. The van der Waals surface area contributed by atoms with Crippen molar-refractivity contribution in [1.82, 2.24) is 23.6 Å². The van der Waals surface area contributed by atoms with E-state index in [9.17, 15) is 14.4 Å². The normalized spacial score (nSPS) is 18.5. The molecule has 2 aromatic heterocycles. The Bertz CT molecular complexity index is 954. The van der Waals surface area contributed by atoms with Crippen molar-refractivity contribution in [2.75, 3.05) is 6.54 Å². The fourth-order valence-electron chi connectivity index (χ4n) is 3.85. The zero-order chi connectivity index (χ0) is 19.0. The van der Waals surface area contributed by atoms with Crippen LogP contribution in [0.4, 0.5) is 0 Å². The molecule has 1 atom stereocenters. The van der Waals surface area contributed by atoms with Crippen LogP contribution in [0.5, 0.6) is 0 Å². The molecule has 0 bridgehead atoms. The highest BCUT2D eigenvalue weighted by molar-refractivity contribution is 5.78. The highest BCUT2D eigenvalue weighted by Crippen LogP contribution is 2.22. The molecule has 2 N–H and O–H groups in total. The quantitative estimate of drug-likeness (QED) is 0.784. The maximum Gasteiger partial charge on any atom is 0.332 e. The largest absolute Gasteiger partial charge is 0.368 e. The molecule has 9 nitrogen and oxygen atoms in total. The molecule has 1 aliphatic heterocycles. The molecule has 9 heteroatoms. The average molecular weight is 362 g/mol. The van der Waals surface area contributed by atoms with Gasteiger partial charge in [0.2, 0.25) is 5.91 Å². The molecule has 1 aliphatic rings. The Morgan fingerprint density at radius 2 is 1.96 bits per heavy atom. The molecule has 1 amide bonds. The van der Waals surface area contributed by atoms with Crippen LogP contribution < -0.4 is 17.0 Å². The van der Waals surface area contributed by atoms with Gasteiger partial charge in [0.15, 0.2) is 11.2 Å². The highest BCUT2D eigenvalue weighted by Gasteiger charge is 2.25. The highest BCUT2D eigenvalue weighted by atomic mass is 16.2. The lowest BCUT2D eigenvalue weighted by atomic mass is 10.0. The van der Waals surface area contributed by atoms with Gasteiger partial charge in [-0.3, -0.25) is 23.6 Å². The number of amides is 1. The van der Waals surface area contributed by atoms with Crippen LogP contribution in [0, 0.1) is 0 Å². The molecule has 1 fully saturated rings. The Morgan fingerprint density at radius 1 is 1.23 bits per heavy atom. The van der Waals surface area contributed by atoms with Crippen LogP contribution in [0.1, 0.15) is 38.4 Å². The van der Waals surface area contributed by atoms with Crippen molar-refractivity contribution in [2.45, 2.75) is 51.7 Å². The first kappa shape index (κ1) is 18.4. The van der Waals surface area contributed by atoms with E-state index in [1.807, 2.05) is 0 Å². The Morgan fingerprint density at radius 3 is 2.62 bits per heavy atom. The van der Waals surface area contributed by atoms with Crippen molar-refractivity contribution in [3.05, 3.63) is 26.7 Å². The van der Waals surface area contributed by atoms with Crippen molar-refractivity contribution in [3.63, 3.8) is 0 Å². The minimum absolute atomic E-state index is 0.135. The smallest absolute Gasteiger partial charge is 0.332 e. The first-order chi connectivity index (χ1) is 12.3. The number of likely N-dealkylation sites (tertiary alicyclic amines) is 1. The fraction of sp³-hybridized carbons (Fsp3) is 0.647. The molecule has 0 spiro atoms. The fourth-order valence-corrected chi connectivity index (χ4v) is 3.85. The number of aryl methyl sites for hydroxylation is 1. The molecule has 3 heterocycles. The number of primary amides is 1. The second kappa shape index (κ2) is 7.06. The van der Waals surface area contributed by atoms with Gasteiger partial charge < -0.3 is 10.3 Å². The Kier molecular flexibility index (Phi) is 4.99. The summed E-state index contributed by atoms with van der Waals surface area (Å²) in [4.78, 5) is 43.4. The number of rotatable bonds is 5. The second-order valence-electron chi connectivity index (χ2n) is 6.99. The van der Waals surface area contributed by atoms with Gasteiger partial charge in [0.05, 0.1) is 6.54 Å². The lowest BCUT2D eigenvalue weighted by molar-refractivity contribution is -0.118. The van der Waals surface area contributed by atoms with Gasteiger partial charge in [0.25, 0.3) is 5.56 Å². The van der Waals surface area contributed by atoms with Crippen molar-refractivity contribution in [1.29, 1.82) is 0 Å². The van der Waals surface area contributed by atoms with Gasteiger partial charge >= 0.3 is 5.69 Å². The van der Waals surface area contributed by atoms with E-state index in [-0.39, 0.29) is 12.1 Å². The molecule has 2 aromatic rings. The van der Waals surface area contributed by atoms with Gasteiger partial charge in [-0.05, 0) is 25.8 Å². The number of hydrogen-bond donors (Lipinski definition) is 1. The molecular formula is C17H26N6O3. The summed E-state index contributed by atoms with van der Waals surface area (Å²) in [7, 11) is 2.99. The van der Waals surface area contributed by atoms with Crippen molar-refractivity contribution >= 4 is 17.1 Å². The van der Waals surface area contributed by atoms with Crippen molar-refractivity contribution in [3.8, 4) is 0 Å². The number of piperidine rings is 1. The summed E-state index contributed by atoms with van der Waals surface area (Å²) >= 11 is 0. The van der Waals surface area contributed by atoms with Crippen LogP contribution in [-0.4, -0.2) is 42.1 Å². The van der Waals surface area contributed by atoms with Crippen LogP contribution in [0.15, 0.2) is 9.59 Å². The van der Waals surface area contributed by atoms with Crippen LogP contribution in [-0.2, 0) is 32.0 Å². The van der Waals surface area contributed by atoms with Crippen LogP contribution in [0.2, 0.25) is 0 Å². The molecular weight excluding hydrogens is 336 g/mol. The third-order valence-electron chi connectivity index (χ3n) is 5.31. The van der Waals surface area contributed by atoms with Gasteiger partial charge in [-0.15, -0.1) is 0 Å². The summed E-state index contributed by atoms with van der Waals surface area (Å²) in [6, 6.07) is 0.456. The molecule has 0 aromatic carbocycles. The molecule has 0 saturated carbocycles. The second-order valence-corrected chi connectivity index (χ2v) is 6.99. The Balaban J connectivity index is 2.16. The number of fused-ring (bicyclic) bond motifs is 1. The third kappa shape index (κ3) is 3.07. The van der Waals surface area contributed by atoms with E-state index in [0.29, 0.717) is 24.1 Å². The van der Waals surface area contributed by atoms with E-state index in [1.54, 1.807) is 11.6 Å². The Labute approximate surface area is 151 Å². The predicted octanol–water partition coefficient (Wildman–Crippen LogP) is -0.316. The molecule has 26 heavy (non-hydrogen) atoms. The first-order valence-corrected chi connectivity index (χ1v) is 9.02. The summed E-state index contributed by atoms with van der Waals surface area (Å²) in [6.07, 6.45) is 4.50. The first-order valence-electron chi connectivity index (χ1n) is 9.02. The zero-order valence-corrected chi connectivity index (χ0v) is 15.6. The minimum Gasteiger partial charge on any atom is -0.368 e. The SMILES string of the molecule is CC[C@H]1CCCCN1Cc1nc2c(c(=O)n(C)c(=O)n2C)n1CC(N)=O. The number of imidazole rings is 1. The standard InChI is InChI=1S/C17H26N6O3/c1-4-11-7-5-6-8-22(11)10-13-19-15-14(23(13)9-12(18)24)16(25)21(3)17(26)20(15)2/h11H,4-10H2,1-3H3,(H2,18,24)/t11-/m0/s1. The van der Waals surface area contributed by atoms with E-state index in [4.69, 9.17) is 5.73 Å². The summed E-state index contributed by atoms with van der Waals surface area (Å²) < 4.78 is 3.94. The number of carbonyl (C=O) groups excluding carboxylic acids is 1. The van der Waals surface area contributed by atoms with E-state index in [1.165, 1.54) is 18.0 Å². The van der Waals surface area contributed by atoms with Gasteiger partial charge in [-0.25, -0.2) is 9.78 Å². The van der Waals surface area contributed by atoms with E-state index in [2.05, 4.69) is 16.8 Å². The summed E-state index contributed by atoms with van der Waals surface area (Å²) in [5.41, 5.74) is 5.04. The average Bonchev–Trinajstić information content (AvgIpc) is 2.96. The molecule has 0 aliphatic carbocycles. The van der Waals surface area contributed by atoms with Crippen LogP contribution in [0.25, 0.3) is 11.2 Å². The maximum absolute atomic E-state index is 12.7. The number of nitrogens with two attached hydrogens (primary N) is 1. The van der Waals surface area contributed by atoms with Crippen LogP contribution >= 0.6 is 0 Å². The summed E-state index contributed by atoms with van der Waals surface area (Å²) in [6.45, 7) is 3.51. The summed E-state index contributed by atoms with van der Waals surface area (Å²) in [5, 5.41) is 0. The molecule has 0 radical (unpaired) electrons. The zero-order valence-electron chi connectivity index (χ0n) is 15.6. The Hall–Kier alpha value is -2.42. The van der Waals surface area contributed by atoms with Crippen molar-refractivity contribution < 1.29 is 4.79 Å². The lowest BCUT2D eigenvalue weighted by Crippen LogP contribution is -2.39. The number of carbonyl (C=O) groups is 1. The molecule has 142 valence electrons. The van der Waals surface area contributed by atoms with E-state index in [0.717, 1.165) is 30.4 Å². The lowest BCUT2D eigenvalue weighted by Gasteiger charge is -2.34. The molecule has 3 rings (SSSR count). The number of nitrogens with zero attached hydrogens (tertiary/aromatic N) is 5. The maximum atomic E-state index is 12.7. The summed E-state index contributed by atoms with van der Waals surface area (Å²) in [5.74, 6) is 0.0459. The molecule has 0 unspecified atom stereocenters. The number of hydrogen-bond acceptors (Lipinski definition) is 5. The van der Waals surface area contributed by atoms with Gasteiger partial charge in [-0.1, -0.05) is 13.3 Å². The van der Waals surface area contributed by atoms with E-state index >= 15 is 0 Å². The van der Waals surface area contributed by atoms with Crippen LogP contribution in [0.3, 0.4) is 0 Å². The minimum atomic E-state index is -0.549. The van der Waals surface area contributed by atoms with E-state index < -0.39 is 17.2 Å². The van der Waals surface area contributed by atoms with Gasteiger partial charge in [0.1, 0.15) is 12.4 Å².